The van der Waals surface area contributed by atoms with E-state index in [9.17, 15) is 14.9 Å². The Bertz CT molecular complexity index is 1170. The van der Waals surface area contributed by atoms with Crippen LogP contribution in [0.15, 0.2) is 45.4 Å². The van der Waals surface area contributed by atoms with Crippen LogP contribution in [0, 0.1) is 11.3 Å². The highest BCUT2D eigenvalue weighted by Gasteiger charge is 2.27. The van der Waals surface area contributed by atoms with Crippen molar-refractivity contribution in [3.63, 3.8) is 0 Å². The normalized spacial score (nSPS) is 13.3. The van der Waals surface area contributed by atoms with Gasteiger partial charge in [0, 0.05) is 22.6 Å². The molecule has 142 valence electrons. The molecule has 3 aromatic rings. The summed E-state index contributed by atoms with van der Waals surface area (Å²) < 4.78 is 8.23. The first-order valence-corrected chi connectivity index (χ1v) is 9.88. The lowest BCUT2D eigenvalue weighted by atomic mass is 10.3. The molecular formula is C19H15ClN4O3S. The number of benzene rings is 1. The van der Waals surface area contributed by atoms with Crippen molar-refractivity contribution in [2.24, 2.45) is 0 Å². The molecule has 0 radical (unpaired) electrons. The number of thiazole rings is 1. The van der Waals surface area contributed by atoms with Gasteiger partial charge in [-0.15, -0.1) is 11.3 Å². The quantitative estimate of drug-likeness (QED) is 0.618. The molecule has 28 heavy (non-hydrogen) atoms. The van der Waals surface area contributed by atoms with Gasteiger partial charge >= 0.3 is 5.69 Å². The standard InChI is InChI=1S/C19H15ClN4O3S/c20-13-1-5-16(6-2-13)27-10-17-22-14(11-28-17)9-24-18(25)12(7-21)8-23(19(24)26)15-3-4-15/h1-2,5-6,8,11,15H,3-4,9-10H2. The highest BCUT2D eigenvalue weighted by atomic mass is 35.5. The Hall–Kier alpha value is -2.89. The fourth-order valence-electron chi connectivity index (χ4n) is 2.78. The van der Waals surface area contributed by atoms with E-state index < -0.39 is 11.2 Å². The molecule has 0 amide bonds. The summed E-state index contributed by atoms with van der Waals surface area (Å²) in [5.74, 6) is 0.673. The second-order valence-electron chi connectivity index (χ2n) is 6.44. The van der Waals surface area contributed by atoms with Gasteiger partial charge in [-0.1, -0.05) is 11.6 Å². The Morgan fingerprint density at radius 2 is 2.04 bits per heavy atom. The van der Waals surface area contributed by atoms with Crippen LogP contribution >= 0.6 is 22.9 Å². The molecule has 2 aromatic heterocycles. The van der Waals surface area contributed by atoms with E-state index in [1.54, 1.807) is 29.6 Å². The summed E-state index contributed by atoms with van der Waals surface area (Å²) in [5.41, 5.74) is -0.445. The second-order valence-corrected chi connectivity index (χ2v) is 7.82. The van der Waals surface area contributed by atoms with E-state index in [0.29, 0.717) is 16.5 Å². The first-order chi connectivity index (χ1) is 13.5. The number of halogens is 1. The van der Waals surface area contributed by atoms with Crippen molar-refractivity contribution in [3.05, 3.63) is 78.0 Å². The van der Waals surface area contributed by atoms with Gasteiger partial charge in [-0.3, -0.25) is 13.9 Å². The molecule has 7 nitrogen and oxygen atoms in total. The van der Waals surface area contributed by atoms with Crippen molar-refractivity contribution >= 4 is 22.9 Å². The van der Waals surface area contributed by atoms with Gasteiger partial charge in [0.05, 0.1) is 12.2 Å². The fourth-order valence-corrected chi connectivity index (χ4v) is 3.60. The van der Waals surface area contributed by atoms with E-state index in [2.05, 4.69) is 4.98 Å². The largest absolute Gasteiger partial charge is 0.486 e. The fraction of sp³-hybridized carbons (Fsp3) is 0.263. The van der Waals surface area contributed by atoms with E-state index in [-0.39, 0.29) is 24.8 Å². The average molecular weight is 415 g/mol. The third-order valence-corrected chi connectivity index (χ3v) is 5.47. The van der Waals surface area contributed by atoms with Crippen LogP contribution in [0.2, 0.25) is 5.02 Å². The van der Waals surface area contributed by atoms with Crippen molar-refractivity contribution in [2.45, 2.75) is 32.0 Å². The lowest BCUT2D eigenvalue weighted by Gasteiger charge is -2.09. The number of nitrogens with zero attached hydrogens (tertiary/aromatic N) is 4. The number of hydrogen-bond acceptors (Lipinski definition) is 6. The first-order valence-electron chi connectivity index (χ1n) is 8.63. The Morgan fingerprint density at radius 3 is 2.71 bits per heavy atom. The van der Waals surface area contributed by atoms with Crippen LogP contribution in [0.1, 0.15) is 35.1 Å². The molecule has 0 unspecified atom stereocenters. The molecule has 0 bridgehead atoms. The molecule has 0 atom stereocenters. The highest BCUT2D eigenvalue weighted by Crippen LogP contribution is 2.33. The van der Waals surface area contributed by atoms with Crippen molar-refractivity contribution < 1.29 is 4.74 Å². The maximum absolute atomic E-state index is 12.6. The summed E-state index contributed by atoms with van der Waals surface area (Å²) >= 11 is 7.23. The van der Waals surface area contributed by atoms with E-state index in [1.165, 1.54) is 22.1 Å². The zero-order chi connectivity index (χ0) is 19.7. The summed E-state index contributed by atoms with van der Waals surface area (Å²) in [6.45, 7) is 0.295. The van der Waals surface area contributed by atoms with Gasteiger partial charge < -0.3 is 4.74 Å². The summed E-state index contributed by atoms with van der Waals surface area (Å²) in [7, 11) is 0. The third kappa shape index (κ3) is 3.86. The van der Waals surface area contributed by atoms with Crippen LogP contribution in [0.5, 0.6) is 5.75 Å². The van der Waals surface area contributed by atoms with Gasteiger partial charge in [0.2, 0.25) is 0 Å². The van der Waals surface area contributed by atoms with Crippen LogP contribution in [0.4, 0.5) is 0 Å². The summed E-state index contributed by atoms with van der Waals surface area (Å²) in [6.07, 6.45) is 3.13. The molecular weight excluding hydrogens is 400 g/mol. The number of ether oxygens (including phenoxy) is 1. The van der Waals surface area contributed by atoms with Crippen molar-refractivity contribution in [2.75, 3.05) is 0 Å². The molecule has 1 saturated carbocycles. The Balaban J connectivity index is 1.53. The maximum atomic E-state index is 12.6. The molecule has 1 aromatic carbocycles. The van der Waals surface area contributed by atoms with Gasteiger partial charge in [0.1, 0.15) is 29.0 Å². The molecule has 0 aliphatic heterocycles. The maximum Gasteiger partial charge on any atom is 0.331 e. The van der Waals surface area contributed by atoms with Crippen LogP contribution in [-0.2, 0) is 13.2 Å². The molecule has 0 saturated heterocycles. The predicted octanol–water partition coefficient (Wildman–Crippen LogP) is 2.95. The number of rotatable bonds is 6. The van der Waals surface area contributed by atoms with Crippen LogP contribution in [0.3, 0.4) is 0 Å². The van der Waals surface area contributed by atoms with Crippen molar-refractivity contribution in [1.29, 1.82) is 5.26 Å². The Morgan fingerprint density at radius 1 is 1.29 bits per heavy atom. The average Bonchev–Trinajstić information content (AvgIpc) is 3.44. The Labute approximate surface area is 169 Å². The van der Waals surface area contributed by atoms with Gasteiger partial charge in [0.15, 0.2) is 0 Å². The van der Waals surface area contributed by atoms with Crippen LogP contribution in [0.25, 0.3) is 0 Å². The minimum atomic E-state index is -0.587. The highest BCUT2D eigenvalue weighted by molar-refractivity contribution is 7.09. The monoisotopic (exact) mass is 414 g/mol. The minimum Gasteiger partial charge on any atom is -0.486 e. The van der Waals surface area contributed by atoms with Crippen LogP contribution < -0.4 is 16.0 Å². The van der Waals surface area contributed by atoms with E-state index in [0.717, 1.165) is 22.4 Å². The molecule has 1 aliphatic rings. The van der Waals surface area contributed by atoms with Gasteiger partial charge in [0.25, 0.3) is 5.56 Å². The van der Waals surface area contributed by atoms with Gasteiger partial charge in [-0.2, -0.15) is 5.26 Å². The molecule has 1 aliphatic carbocycles. The third-order valence-electron chi connectivity index (χ3n) is 4.35. The first kappa shape index (κ1) is 18.5. The van der Waals surface area contributed by atoms with E-state index in [4.69, 9.17) is 16.3 Å². The SMILES string of the molecule is N#Cc1cn(C2CC2)c(=O)n(Cc2csc(COc3ccc(Cl)cc3)n2)c1=O. The van der Waals surface area contributed by atoms with Crippen LogP contribution in [-0.4, -0.2) is 14.1 Å². The number of hydrogen-bond donors (Lipinski definition) is 0. The van der Waals surface area contributed by atoms with E-state index >= 15 is 0 Å². The van der Waals surface area contributed by atoms with E-state index in [1.807, 2.05) is 6.07 Å². The number of aromatic nitrogens is 3. The number of nitriles is 1. The predicted molar refractivity (Wildman–Crippen MR) is 105 cm³/mol. The summed E-state index contributed by atoms with van der Waals surface area (Å²) in [4.78, 5) is 29.5. The van der Waals surface area contributed by atoms with Gasteiger partial charge in [-0.25, -0.2) is 9.78 Å². The van der Waals surface area contributed by atoms with Gasteiger partial charge in [-0.05, 0) is 37.1 Å². The molecule has 1 fully saturated rings. The minimum absolute atomic E-state index is 0.0252. The molecule has 9 heteroatoms. The summed E-state index contributed by atoms with van der Waals surface area (Å²) in [5, 5.41) is 12.3. The summed E-state index contributed by atoms with van der Waals surface area (Å²) in [6, 6.07) is 8.97. The Kier molecular flexibility index (Phi) is 5.03. The van der Waals surface area contributed by atoms with Crippen molar-refractivity contribution in [3.8, 4) is 11.8 Å². The molecule has 2 heterocycles. The topological polar surface area (TPSA) is 89.9 Å². The molecule has 4 rings (SSSR count). The van der Waals surface area contributed by atoms with Crippen molar-refractivity contribution in [1.82, 2.24) is 14.1 Å². The zero-order valence-corrected chi connectivity index (χ0v) is 16.2. The lowest BCUT2D eigenvalue weighted by Crippen LogP contribution is -2.41. The molecule has 0 spiro atoms. The smallest absolute Gasteiger partial charge is 0.331 e. The lowest BCUT2D eigenvalue weighted by molar-refractivity contribution is 0.305. The second kappa shape index (κ2) is 7.62. The zero-order valence-electron chi connectivity index (χ0n) is 14.7. The molecule has 0 N–H and O–H groups in total.